The third-order valence-electron chi connectivity index (χ3n) is 4.83. The fourth-order valence-corrected chi connectivity index (χ4v) is 3.37. The fraction of sp³-hybridized carbons (Fsp3) is 0.391. The molecule has 0 spiro atoms. The second kappa shape index (κ2) is 9.32. The van der Waals surface area contributed by atoms with Gasteiger partial charge in [-0.05, 0) is 29.2 Å². The minimum Gasteiger partial charge on any atom is -0.390 e. The predicted octanol–water partition coefficient (Wildman–Crippen LogP) is 5.27. The summed E-state index contributed by atoms with van der Waals surface area (Å²) in [5.41, 5.74) is 1.47. The van der Waals surface area contributed by atoms with Gasteiger partial charge in [0.15, 0.2) is 6.10 Å². The van der Waals surface area contributed by atoms with Crippen LogP contribution in [-0.2, 0) is 22.4 Å². The van der Waals surface area contributed by atoms with Crippen LogP contribution in [0.15, 0.2) is 59.8 Å². The molecule has 30 heavy (non-hydrogen) atoms. The van der Waals surface area contributed by atoms with Crippen molar-refractivity contribution in [2.75, 3.05) is 6.54 Å². The maximum Gasteiger partial charge on any atom is 0.416 e. The summed E-state index contributed by atoms with van der Waals surface area (Å²) in [6.45, 7) is 4.23. The van der Waals surface area contributed by atoms with E-state index >= 15 is 0 Å². The molecule has 1 aliphatic rings. The highest BCUT2D eigenvalue weighted by atomic mass is 19.4. The van der Waals surface area contributed by atoms with Gasteiger partial charge in [-0.3, -0.25) is 4.79 Å². The lowest BCUT2D eigenvalue weighted by Crippen LogP contribution is -2.37. The van der Waals surface area contributed by atoms with Gasteiger partial charge in [0.1, 0.15) is 0 Å². The van der Waals surface area contributed by atoms with Crippen LogP contribution >= 0.6 is 0 Å². The molecule has 2 aromatic rings. The van der Waals surface area contributed by atoms with Gasteiger partial charge in [0.25, 0.3) is 0 Å². The quantitative estimate of drug-likeness (QED) is 0.614. The summed E-state index contributed by atoms with van der Waals surface area (Å²) in [6.07, 6.45) is -3.89. The van der Waals surface area contributed by atoms with Gasteiger partial charge >= 0.3 is 6.18 Å². The Morgan fingerprint density at radius 1 is 1.17 bits per heavy atom. The number of benzene rings is 2. The van der Waals surface area contributed by atoms with Crippen molar-refractivity contribution in [2.45, 2.75) is 45.5 Å². The molecule has 0 aliphatic carbocycles. The van der Waals surface area contributed by atoms with E-state index in [1.54, 1.807) is 11.0 Å². The first-order valence-corrected chi connectivity index (χ1v) is 9.94. The number of oxime groups is 1. The SMILES string of the molecule is CC(C)CC(=O)N(Cc1cccc(C(F)(F)F)c1)C[C@@H]1CC(c2ccccc2)=NO1. The molecular formula is C23H25F3N2O2. The molecule has 3 rings (SSSR count). The molecule has 7 heteroatoms. The number of nitrogens with zero attached hydrogens (tertiary/aromatic N) is 2. The molecule has 0 N–H and O–H groups in total. The lowest BCUT2D eigenvalue weighted by Gasteiger charge is -2.26. The molecule has 1 aliphatic heterocycles. The van der Waals surface area contributed by atoms with Crippen LogP contribution in [0.1, 0.15) is 43.4 Å². The van der Waals surface area contributed by atoms with Crippen molar-refractivity contribution in [3.05, 3.63) is 71.3 Å². The van der Waals surface area contributed by atoms with Crippen LogP contribution in [0.4, 0.5) is 13.2 Å². The highest BCUT2D eigenvalue weighted by molar-refractivity contribution is 6.01. The molecule has 1 atom stereocenters. The predicted molar refractivity (Wildman–Crippen MR) is 109 cm³/mol. The second-order valence-corrected chi connectivity index (χ2v) is 7.91. The Kier molecular flexibility index (Phi) is 6.80. The monoisotopic (exact) mass is 418 g/mol. The number of hydrogen-bond acceptors (Lipinski definition) is 3. The van der Waals surface area contributed by atoms with E-state index < -0.39 is 11.7 Å². The van der Waals surface area contributed by atoms with E-state index in [0.717, 1.165) is 23.4 Å². The number of alkyl halides is 3. The lowest BCUT2D eigenvalue weighted by atomic mass is 10.0. The highest BCUT2D eigenvalue weighted by Crippen LogP contribution is 2.30. The first kappa shape index (κ1) is 21.9. The molecular weight excluding hydrogens is 393 g/mol. The van der Waals surface area contributed by atoms with Gasteiger partial charge in [-0.15, -0.1) is 0 Å². The molecule has 0 fully saturated rings. The Bertz CT molecular complexity index is 895. The Hall–Kier alpha value is -2.83. The van der Waals surface area contributed by atoms with Crippen LogP contribution in [0.2, 0.25) is 0 Å². The first-order valence-electron chi connectivity index (χ1n) is 9.94. The number of hydrogen-bond donors (Lipinski definition) is 0. The molecule has 2 aromatic carbocycles. The summed E-state index contributed by atoms with van der Waals surface area (Å²) >= 11 is 0. The highest BCUT2D eigenvalue weighted by Gasteiger charge is 2.31. The molecule has 0 aromatic heterocycles. The normalized spacial score (nSPS) is 16.3. The van der Waals surface area contributed by atoms with Gasteiger partial charge in [0.05, 0.1) is 17.8 Å². The van der Waals surface area contributed by atoms with Crippen molar-refractivity contribution in [1.82, 2.24) is 4.90 Å². The summed E-state index contributed by atoms with van der Waals surface area (Å²) < 4.78 is 39.2. The Balaban J connectivity index is 1.72. The topological polar surface area (TPSA) is 41.9 Å². The van der Waals surface area contributed by atoms with Crippen LogP contribution in [0.25, 0.3) is 0 Å². The van der Waals surface area contributed by atoms with Gasteiger partial charge in [-0.1, -0.05) is 61.5 Å². The molecule has 0 radical (unpaired) electrons. The van der Waals surface area contributed by atoms with Crippen LogP contribution in [0, 0.1) is 5.92 Å². The minimum atomic E-state index is -4.42. The zero-order valence-corrected chi connectivity index (χ0v) is 17.0. The third-order valence-corrected chi connectivity index (χ3v) is 4.83. The van der Waals surface area contributed by atoms with Crippen LogP contribution in [-0.4, -0.2) is 29.2 Å². The van der Waals surface area contributed by atoms with E-state index in [9.17, 15) is 18.0 Å². The van der Waals surface area contributed by atoms with Gasteiger partial charge in [-0.2, -0.15) is 13.2 Å². The molecule has 1 amide bonds. The average molecular weight is 418 g/mol. The lowest BCUT2D eigenvalue weighted by molar-refractivity contribution is -0.137. The summed E-state index contributed by atoms with van der Waals surface area (Å²) in [5.74, 6) is 0.0290. The average Bonchev–Trinajstić information content (AvgIpc) is 3.16. The van der Waals surface area contributed by atoms with Gasteiger partial charge in [-0.25, -0.2) is 0 Å². The van der Waals surface area contributed by atoms with Crippen LogP contribution in [0.5, 0.6) is 0 Å². The molecule has 1 heterocycles. The number of amides is 1. The maximum absolute atomic E-state index is 13.1. The van der Waals surface area contributed by atoms with Crippen molar-refractivity contribution < 1.29 is 22.8 Å². The summed E-state index contributed by atoms with van der Waals surface area (Å²) in [7, 11) is 0. The molecule has 160 valence electrons. The zero-order chi connectivity index (χ0) is 21.7. The number of carbonyl (C=O) groups is 1. The second-order valence-electron chi connectivity index (χ2n) is 7.91. The molecule has 4 nitrogen and oxygen atoms in total. The van der Waals surface area contributed by atoms with E-state index in [4.69, 9.17) is 4.84 Å². The minimum absolute atomic E-state index is 0.0933. The molecule has 0 saturated carbocycles. The summed E-state index contributed by atoms with van der Waals surface area (Å²) in [6, 6.07) is 14.7. The van der Waals surface area contributed by atoms with E-state index in [1.165, 1.54) is 6.07 Å². The molecule has 0 bridgehead atoms. The van der Waals surface area contributed by atoms with E-state index in [1.807, 2.05) is 44.2 Å². The summed E-state index contributed by atoms with van der Waals surface area (Å²) in [4.78, 5) is 19.9. The van der Waals surface area contributed by atoms with Crippen molar-refractivity contribution in [2.24, 2.45) is 11.1 Å². The zero-order valence-electron chi connectivity index (χ0n) is 17.0. The van der Waals surface area contributed by atoms with Crippen molar-refractivity contribution in [3.63, 3.8) is 0 Å². The number of halogens is 3. The Morgan fingerprint density at radius 3 is 2.57 bits per heavy atom. The number of carbonyl (C=O) groups excluding carboxylic acids is 1. The number of rotatable bonds is 7. The van der Waals surface area contributed by atoms with E-state index in [0.29, 0.717) is 18.4 Å². The van der Waals surface area contributed by atoms with E-state index in [2.05, 4.69) is 5.16 Å². The maximum atomic E-state index is 13.1. The standard InChI is InChI=1S/C23H25F3N2O2/c1-16(2)11-22(29)28(14-17-7-6-10-19(12-17)23(24,25)26)15-20-13-21(27-30-20)18-8-4-3-5-9-18/h3-10,12,16,20H,11,13-15H2,1-2H3/t20-/m0/s1. The smallest absolute Gasteiger partial charge is 0.390 e. The Labute approximate surface area is 174 Å². The van der Waals surface area contributed by atoms with Gasteiger partial charge in [0.2, 0.25) is 5.91 Å². The first-order chi connectivity index (χ1) is 14.2. The van der Waals surface area contributed by atoms with Gasteiger partial charge in [0, 0.05) is 19.4 Å². The molecule has 0 saturated heterocycles. The fourth-order valence-electron chi connectivity index (χ4n) is 3.37. The molecule has 0 unspecified atom stereocenters. The largest absolute Gasteiger partial charge is 0.416 e. The van der Waals surface area contributed by atoms with Gasteiger partial charge < -0.3 is 9.74 Å². The van der Waals surface area contributed by atoms with Crippen LogP contribution in [0.3, 0.4) is 0 Å². The van der Waals surface area contributed by atoms with E-state index in [-0.39, 0.29) is 31.0 Å². The van der Waals surface area contributed by atoms with Crippen LogP contribution < -0.4 is 0 Å². The summed E-state index contributed by atoms with van der Waals surface area (Å²) in [5, 5.41) is 4.14. The van der Waals surface area contributed by atoms with Crippen molar-refractivity contribution in [1.29, 1.82) is 0 Å². The van der Waals surface area contributed by atoms with Crippen molar-refractivity contribution >= 4 is 11.6 Å². The Morgan fingerprint density at radius 2 is 1.90 bits per heavy atom. The van der Waals surface area contributed by atoms with Crippen molar-refractivity contribution in [3.8, 4) is 0 Å². The third kappa shape index (κ3) is 5.84.